The lowest BCUT2D eigenvalue weighted by Gasteiger charge is -2.19. The fourth-order valence-corrected chi connectivity index (χ4v) is 2.53. The summed E-state index contributed by atoms with van der Waals surface area (Å²) in [6, 6.07) is 7.94. The smallest absolute Gasteiger partial charge is 0.158 e. The highest BCUT2D eigenvalue weighted by Gasteiger charge is 2.28. The van der Waals surface area contributed by atoms with Crippen molar-refractivity contribution in [2.24, 2.45) is 0 Å². The third-order valence-corrected chi connectivity index (χ3v) is 5.92. The highest BCUT2D eigenvalue weighted by molar-refractivity contribution is 7.92. The second kappa shape index (κ2) is 6.59. The van der Waals surface area contributed by atoms with Crippen molar-refractivity contribution in [1.29, 1.82) is 0 Å². The summed E-state index contributed by atoms with van der Waals surface area (Å²) in [7, 11) is -1.24. The fraction of sp³-hybridized carbons (Fsp3) is 0.600. The van der Waals surface area contributed by atoms with Gasteiger partial charge in [-0.3, -0.25) is 0 Å². The molecular formula is C15H25NO3S. The third-order valence-electron chi connectivity index (χ3n) is 3.34. The summed E-state index contributed by atoms with van der Waals surface area (Å²) in [6.45, 7) is 7.35. The van der Waals surface area contributed by atoms with Gasteiger partial charge in [-0.05, 0) is 52.4 Å². The SMILES string of the molecule is CNC(C)c1cccc(OCCS(=O)(=O)C(C)(C)C)c1. The molecule has 1 aromatic carbocycles. The third kappa shape index (κ3) is 4.49. The van der Waals surface area contributed by atoms with Crippen LogP contribution in [0.1, 0.15) is 39.3 Å². The molecule has 1 rings (SSSR count). The van der Waals surface area contributed by atoms with Crippen molar-refractivity contribution in [1.82, 2.24) is 5.32 Å². The highest BCUT2D eigenvalue weighted by atomic mass is 32.2. The molecule has 0 bridgehead atoms. The zero-order valence-corrected chi connectivity index (χ0v) is 13.8. The fourth-order valence-electron chi connectivity index (χ4n) is 1.62. The molecule has 0 radical (unpaired) electrons. The lowest BCUT2D eigenvalue weighted by Crippen LogP contribution is -2.32. The first-order valence-electron chi connectivity index (χ1n) is 6.79. The summed E-state index contributed by atoms with van der Waals surface area (Å²) in [6.07, 6.45) is 0. The van der Waals surface area contributed by atoms with Crippen molar-refractivity contribution >= 4 is 9.84 Å². The van der Waals surface area contributed by atoms with Gasteiger partial charge in [0.05, 0.1) is 10.5 Å². The molecule has 1 atom stereocenters. The maximum atomic E-state index is 12.0. The van der Waals surface area contributed by atoms with Crippen LogP contribution in [0, 0.1) is 0 Å². The van der Waals surface area contributed by atoms with E-state index in [1.165, 1.54) is 0 Å². The molecule has 0 heterocycles. The summed E-state index contributed by atoms with van der Waals surface area (Å²) in [4.78, 5) is 0. The largest absolute Gasteiger partial charge is 0.493 e. The number of sulfone groups is 1. The summed E-state index contributed by atoms with van der Waals surface area (Å²) < 4.78 is 28.8. The van der Waals surface area contributed by atoms with E-state index in [4.69, 9.17) is 4.74 Å². The lowest BCUT2D eigenvalue weighted by atomic mass is 10.1. The first-order chi connectivity index (χ1) is 9.17. The number of benzene rings is 1. The molecule has 0 aromatic heterocycles. The van der Waals surface area contributed by atoms with Crippen LogP contribution in [0.5, 0.6) is 5.75 Å². The van der Waals surface area contributed by atoms with Gasteiger partial charge in [0.2, 0.25) is 0 Å². The Kier molecular flexibility index (Phi) is 5.59. The molecule has 1 N–H and O–H groups in total. The minimum Gasteiger partial charge on any atom is -0.493 e. The molecule has 1 aromatic rings. The number of nitrogens with one attached hydrogen (secondary N) is 1. The Balaban J connectivity index is 2.64. The van der Waals surface area contributed by atoms with Gasteiger partial charge in [-0.15, -0.1) is 0 Å². The van der Waals surface area contributed by atoms with Crippen molar-refractivity contribution in [2.75, 3.05) is 19.4 Å². The molecule has 0 fully saturated rings. The average Bonchev–Trinajstić information content (AvgIpc) is 2.36. The molecule has 0 aliphatic carbocycles. The van der Waals surface area contributed by atoms with Gasteiger partial charge in [0.25, 0.3) is 0 Å². The molecule has 0 aliphatic heterocycles. The van der Waals surface area contributed by atoms with Gasteiger partial charge >= 0.3 is 0 Å². The number of rotatable bonds is 6. The molecule has 0 saturated carbocycles. The zero-order valence-electron chi connectivity index (χ0n) is 12.9. The van der Waals surface area contributed by atoms with Crippen LogP contribution in [0.15, 0.2) is 24.3 Å². The van der Waals surface area contributed by atoms with E-state index < -0.39 is 14.6 Å². The van der Waals surface area contributed by atoms with Crippen molar-refractivity contribution in [3.05, 3.63) is 29.8 Å². The first-order valence-corrected chi connectivity index (χ1v) is 8.45. The topological polar surface area (TPSA) is 55.4 Å². The maximum absolute atomic E-state index is 12.0. The Bertz CT molecular complexity index is 532. The van der Waals surface area contributed by atoms with E-state index in [9.17, 15) is 8.42 Å². The Morgan fingerprint density at radius 1 is 1.30 bits per heavy atom. The minimum atomic E-state index is -3.14. The van der Waals surface area contributed by atoms with Crippen molar-refractivity contribution in [2.45, 2.75) is 38.5 Å². The quantitative estimate of drug-likeness (QED) is 0.877. The molecule has 0 saturated heterocycles. The van der Waals surface area contributed by atoms with E-state index >= 15 is 0 Å². The van der Waals surface area contributed by atoms with Crippen molar-refractivity contribution in [3.8, 4) is 5.75 Å². The highest BCUT2D eigenvalue weighted by Crippen LogP contribution is 2.20. The van der Waals surface area contributed by atoms with Gasteiger partial charge in [0.1, 0.15) is 12.4 Å². The molecule has 5 heteroatoms. The van der Waals surface area contributed by atoms with Gasteiger partial charge in [0.15, 0.2) is 9.84 Å². The zero-order chi connectivity index (χ0) is 15.4. The monoisotopic (exact) mass is 299 g/mol. The van der Waals surface area contributed by atoms with Crippen molar-refractivity contribution in [3.63, 3.8) is 0 Å². The normalized spacial score (nSPS) is 14.1. The van der Waals surface area contributed by atoms with Gasteiger partial charge < -0.3 is 10.1 Å². The molecule has 0 spiro atoms. The first kappa shape index (κ1) is 17.0. The number of hydrogen-bond acceptors (Lipinski definition) is 4. The Hall–Kier alpha value is -1.07. The van der Waals surface area contributed by atoms with E-state index in [2.05, 4.69) is 12.2 Å². The minimum absolute atomic E-state index is 0.0301. The predicted molar refractivity (Wildman–Crippen MR) is 83.0 cm³/mol. The van der Waals surface area contributed by atoms with Crippen LogP contribution in [0.4, 0.5) is 0 Å². The summed E-state index contributed by atoms with van der Waals surface area (Å²) in [5.41, 5.74) is 1.11. The van der Waals surface area contributed by atoms with Crippen LogP contribution in [0.3, 0.4) is 0 Å². The second-order valence-electron chi connectivity index (χ2n) is 5.86. The Morgan fingerprint density at radius 2 is 1.95 bits per heavy atom. The van der Waals surface area contributed by atoms with Crippen LogP contribution in [0.25, 0.3) is 0 Å². The average molecular weight is 299 g/mol. The Morgan fingerprint density at radius 3 is 2.50 bits per heavy atom. The molecule has 4 nitrogen and oxygen atoms in total. The molecule has 0 aliphatic rings. The molecule has 1 unspecified atom stereocenters. The van der Waals surface area contributed by atoms with Gasteiger partial charge in [-0.25, -0.2) is 8.42 Å². The van der Waals surface area contributed by atoms with Gasteiger partial charge in [-0.1, -0.05) is 12.1 Å². The summed E-state index contributed by atoms with van der Waals surface area (Å²) in [5.74, 6) is 0.733. The molecule has 114 valence electrons. The maximum Gasteiger partial charge on any atom is 0.158 e. The van der Waals surface area contributed by atoms with Crippen LogP contribution in [-0.4, -0.2) is 32.6 Å². The van der Waals surface area contributed by atoms with Crippen LogP contribution >= 0.6 is 0 Å². The summed E-state index contributed by atoms with van der Waals surface area (Å²) >= 11 is 0. The van der Waals surface area contributed by atoms with E-state index in [-0.39, 0.29) is 18.4 Å². The molecular weight excluding hydrogens is 274 g/mol. The van der Waals surface area contributed by atoms with Crippen LogP contribution < -0.4 is 10.1 Å². The van der Waals surface area contributed by atoms with Crippen LogP contribution in [0.2, 0.25) is 0 Å². The van der Waals surface area contributed by atoms with E-state index in [0.717, 1.165) is 5.56 Å². The predicted octanol–water partition coefficient (Wildman–Crippen LogP) is 2.56. The van der Waals surface area contributed by atoms with Gasteiger partial charge in [-0.2, -0.15) is 0 Å². The van der Waals surface area contributed by atoms with E-state index in [0.29, 0.717) is 5.75 Å². The lowest BCUT2D eigenvalue weighted by molar-refractivity contribution is 0.339. The van der Waals surface area contributed by atoms with Gasteiger partial charge in [0, 0.05) is 6.04 Å². The molecule has 0 amide bonds. The van der Waals surface area contributed by atoms with Crippen molar-refractivity contribution < 1.29 is 13.2 Å². The standard InChI is InChI=1S/C15H25NO3S/c1-12(16-5)13-7-6-8-14(11-13)19-9-10-20(17,18)15(2,3)4/h6-8,11-12,16H,9-10H2,1-5H3. The molecule has 20 heavy (non-hydrogen) atoms. The van der Waals surface area contributed by atoms with E-state index in [1.807, 2.05) is 31.3 Å². The Labute approximate surface area is 122 Å². The second-order valence-corrected chi connectivity index (χ2v) is 8.73. The summed E-state index contributed by atoms with van der Waals surface area (Å²) in [5, 5.41) is 3.16. The number of hydrogen-bond donors (Lipinski definition) is 1. The van der Waals surface area contributed by atoms with E-state index in [1.54, 1.807) is 20.8 Å². The number of ether oxygens (including phenoxy) is 1. The van der Waals surface area contributed by atoms with Crippen LogP contribution in [-0.2, 0) is 9.84 Å².